The highest BCUT2D eigenvalue weighted by atomic mass is 16.7. The van der Waals surface area contributed by atoms with Crippen molar-refractivity contribution in [2.75, 3.05) is 149 Å². The van der Waals surface area contributed by atoms with Gasteiger partial charge in [-0.05, 0) is 221 Å². The second-order valence-corrected chi connectivity index (χ2v) is 32.7. The minimum atomic E-state index is -0.282. The summed E-state index contributed by atoms with van der Waals surface area (Å²) in [6.45, 7) is 11.3. The van der Waals surface area contributed by atoms with Crippen molar-refractivity contribution < 1.29 is 99.8 Å². The summed E-state index contributed by atoms with van der Waals surface area (Å²) in [5.74, 6) is 10.6. The standard InChI is InChI=1S/4C18H23NO3.C16H17NO3.C14H11NO2.C12H12O4/c1-21-16-11-8-10-15(18(16)22-2)9-4-5-12-17(20)19-13-6-3-7-14-19;1-21-16-10-11-17(22-2)15(14-16)8-4-5-9-18(20)19-12-6-3-7-13-19;1-21-16-11-10-15(17(14-16)22-2)8-4-5-9-18(20)19-12-6-3-7-13-19;1-21-16-11-10-15(14-17(16)22-2)8-4-5-9-18(20)19-12-6-3-7-13-19;18-16(17-9-3-4-10-17)6-2-1-5-13-7-8-14-15(11-13)20-12-19-14;1-2-4-12(5-3-1)15-9-11-6-7-13-14(8-11)17-10-16-13;1-9(13)14-6-2-3-10-4-5-11-12(7-10)16-8-15-11/h4-5,8-12H,3,6-7,13-14H2,1-2H3;3*4-5,8-11,14H,3,6-7,12-13H2,1-2H3;1-2,5-8,11H,3-4,9-10,12H2;1-9H,10H2;2-5,7H,6,8H2,1H3/b9-4+,12-5+;3*8-4+,9-5+;5-1+,6-2+;;3-2+. The third-order valence-electron chi connectivity index (χ3n) is 23.0. The summed E-state index contributed by atoms with van der Waals surface area (Å²) < 4.78 is 78.5. The zero-order valence-electron chi connectivity index (χ0n) is 82.3. The van der Waals surface area contributed by atoms with Gasteiger partial charge in [0.1, 0.15) is 29.6 Å². The molecule has 0 aliphatic carbocycles. The Bertz CT molecular complexity index is 5650. The van der Waals surface area contributed by atoms with Gasteiger partial charge in [0.2, 0.25) is 49.9 Å². The number of esters is 1. The lowest BCUT2D eigenvalue weighted by Gasteiger charge is -2.25. The van der Waals surface area contributed by atoms with Crippen LogP contribution in [-0.2, 0) is 33.5 Å². The first-order valence-corrected chi connectivity index (χ1v) is 47.6. The van der Waals surface area contributed by atoms with E-state index >= 15 is 0 Å². The Morgan fingerprint density at radius 1 is 0.291 bits per heavy atom. The fourth-order valence-corrected chi connectivity index (χ4v) is 15.4. The molecule has 141 heavy (non-hydrogen) atoms. The van der Waals surface area contributed by atoms with E-state index in [1.54, 1.807) is 124 Å². The Labute approximate surface area is 829 Å². The largest absolute Gasteiger partial charge is 0.497 e. The van der Waals surface area contributed by atoms with E-state index in [0.717, 1.165) is 232 Å². The van der Waals surface area contributed by atoms with Crippen molar-refractivity contribution in [3.63, 3.8) is 0 Å². The molecule has 0 bridgehead atoms. The highest BCUT2D eigenvalue weighted by Crippen LogP contribution is 2.37. The molecule has 16 rings (SSSR count). The number of aliphatic imine (C=N–C) groups is 1. The number of hydrogen-bond acceptors (Lipinski definition) is 22. The van der Waals surface area contributed by atoms with Crippen LogP contribution in [-0.4, -0.2) is 216 Å². The Kier molecular flexibility index (Phi) is 46.6. The zero-order chi connectivity index (χ0) is 99.8. The van der Waals surface area contributed by atoms with E-state index in [2.05, 4.69) is 4.99 Å². The number of likely N-dealkylation sites (tertiary alicyclic amines) is 5. The summed E-state index contributed by atoms with van der Waals surface area (Å²) in [7, 11) is 13.0. The van der Waals surface area contributed by atoms with Crippen LogP contribution in [0.25, 0.3) is 36.5 Å². The van der Waals surface area contributed by atoms with Crippen molar-refractivity contribution in [3.8, 4) is 80.5 Å². The summed E-state index contributed by atoms with van der Waals surface area (Å²) >= 11 is 0. The summed E-state index contributed by atoms with van der Waals surface area (Å²) in [5, 5.41) is 0. The lowest BCUT2D eigenvalue weighted by Crippen LogP contribution is -2.34. The predicted molar refractivity (Wildman–Crippen MR) is 554 cm³/mol. The number of methoxy groups -OCH3 is 8. The highest BCUT2D eigenvalue weighted by Gasteiger charge is 2.21. The van der Waals surface area contributed by atoms with E-state index in [9.17, 15) is 28.8 Å². The molecule has 5 saturated heterocycles. The summed E-state index contributed by atoms with van der Waals surface area (Å²) in [5.41, 5.74) is 7.70. The van der Waals surface area contributed by atoms with Gasteiger partial charge in [0, 0.05) is 132 Å². The molecular weight excluding hydrogens is 1790 g/mol. The SMILES string of the molecule is C(=Nc1ccccc1)c1ccc2c(c1)OCO2.CC(=O)OC/C=C/c1ccc2c(c1)OCO2.COc1ccc(/C=C/C=C/C(=O)N2CCCCC2)c(OC)c1.COc1ccc(/C=C/C=C/C(=O)N2CCCCC2)cc1OC.COc1ccc(OC)c(/C=C/C=C/C(=O)N2CCCCC2)c1.COc1cccc(/C=C/C=C/C(=O)N2CCCCC2)c1OC.O=C(/C=C/C=C/c1ccc2c(c1)OCO2)N1CCCC1. The van der Waals surface area contributed by atoms with Crippen molar-refractivity contribution in [1.82, 2.24) is 24.5 Å². The smallest absolute Gasteiger partial charge is 0.302 e. The van der Waals surface area contributed by atoms with Crippen LogP contribution in [0.3, 0.4) is 0 Å². The van der Waals surface area contributed by atoms with E-state index in [0.29, 0.717) is 29.8 Å². The molecule has 27 nitrogen and oxygen atoms in total. The van der Waals surface area contributed by atoms with E-state index in [-0.39, 0.29) is 55.7 Å². The number of allylic oxidation sites excluding steroid dienone is 10. The zero-order valence-corrected chi connectivity index (χ0v) is 82.3. The molecule has 8 aliphatic heterocycles. The molecule has 8 aromatic carbocycles. The van der Waals surface area contributed by atoms with Crippen LogP contribution in [0, 0.1) is 0 Å². The minimum Gasteiger partial charge on any atom is -0.497 e. The molecule has 8 aromatic rings. The molecule has 0 aromatic heterocycles. The lowest BCUT2D eigenvalue weighted by atomic mass is 10.1. The van der Waals surface area contributed by atoms with Crippen molar-refractivity contribution >= 4 is 83.9 Å². The molecule has 0 spiro atoms. The van der Waals surface area contributed by atoms with Crippen LogP contribution in [0.5, 0.6) is 80.5 Å². The van der Waals surface area contributed by atoms with Gasteiger partial charge in [0.15, 0.2) is 57.5 Å². The van der Waals surface area contributed by atoms with Crippen LogP contribution in [0.15, 0.2) is 260 Å². The Hall–Kier alpha value is -15.4. The number of carbonyl (C=O) groups excluding carboxylic acids is 6. The van der Waals surface area contributed by atoms with Crippen molar-refractivity contribution in [1.29, 1.82) is 0 Å². The topological polar surface area (TPSA) is 269 Å². The highest BCUT2D eigenvalue weighted by molar-refractivity contribution is 5.91. The van der Waals surface area contributed by atoms with Crippen LogP contribution in [0.4, 0.5) is 5.69 Å². The van der Waals surface area contributed by atoms with Gasteiger partial charge in [-0.2, -0.15) is 0 Å². The van der Waals surface area contributed by atoms with Gasteiger partial charge in [-0.15, -0.1) is 0 Å². The van der Waals surface area contributed by atoms with E-state index < -0.39 is 0 Å². The van der Waals surface area contributed by atoms with Crippen LogP contribution >= 0.6 is 0 Å². The van der Waals surface area contributed by atoms with Crippen LogP contribution < -0.4 is 66.3 Å². The van der Waals surface area contributed by atoms with Crippen LogP contribution in [0.1, 0.15) is 136 Å². The number of hydrogen-bond donors (Lipinski definition) is 0. The molecule has 0 saturated carbocycles. The summed E-state index contributed by atoms with van der Waals surface area (Å²) in [4.78, 5) is 84.1. The molecule has 0 unspecified atom stereocenters. The Morgan fingerprint density at radius 2 is 0.660 bits per heavy atom. The summed E-state index contributed by atoms with van der Waals surface area (Å²) in [6, 6.07) is 49.7. The molecule has 744 valence electrons. The van der Waals surface area contributed by atoms with E-state index in [4.69, 9.17) is 71.1 Å². The average molecular weight is 1920 g/mol. The third-order valence-corrected chi connectivity index (χ3v) is 23.0. The number of nitrogens with zero attached hydrogens (tertiary/aromatic N) is 6. The van der Waals surface area contributed by atoms with Gasteiger partial charge < -0.3 is 95.6 Å². The Morgan fingerprint density at radius 3 is 1.09 bits per heavy atom. The summed E-state index contributed by atoms with van der Waals surface area (Å²) in [6.07, 6.45) is 57.4. The van der Waals surface area contributed by atoms with Crippen LogP contribution in [0.2, 0.25) is 0 Å². The van der Waals surface area contributed by atoms with Gasteiger partial charge in [0.05, 0.1) is 62.6 Å². The second-order valence-electron chi connectivity index (χ2n) is 32.7. The van der Waals surface area contributed by atoms with Gasteiger partial charge in [0.25, 0.3) is 0 Å². The molecule has 5 amide bonds. The first-order valence-electron chi connectivity index (χ1n) is 47.6. The molecule has 0 atom stereocenters. The van der Waals surface area contributed by atoms with Gasteiger partial charge >= 0.3 is 5.97 Å². The molecule has 8 aliphatic rings. The number of fused-ring (bicyclic) bond motifs is 3. The Balaban J connectivity index is 0.000000170. The molecule has 0 radical (unpaired) electrons. The number of amides is 5. The molecular formula is C114H132N6O21. The first-order chi connectivity index (χ1) is 69.0. The monoisotopic (exact) mass is 1920 g/mol. The number of ether oxygens (including phenoxy) is 15. The number of piperidine rings is 4. The maximum Gasteiger partial charge on any atom is 0.302 e. The molecule has 27 heteroatoms. The predicted octanol–water partition coefficient (Wildman–Crippen LogP) is 20.9. The van der Waals surface area contributed by atoms with Gasteiger partial charge in [-0.25, -0.2) is 0 Å². The van der Waals surface area contributed by atoms with Gasteiger partial charge in [-0.3, -0.25) is 33.8 Å². The molecule has 8 heterocycles. The molecule has 5 fully saturated rings. The van der Waals surface area contributed by atoms with Crippen molar-refractivity contribution in [2.24, 2.45) is 4.99 Å². The van der Waals surface area contributed by atoms with Gasteiger partial charge in [-0.1, -0.05) is 146 Å². The minimum absolute atomic E-state index is 0.0851. The second kappa shape index (κ2) is 61.0. The fourth-order valence-electron chi connectivity index (χ4n) is 15.4. The average Bonchev–Trinajstić information content (AvgIpc) is 1.75. The first kappa shape index (κ1) is 108. The fraction of sp³-hybridized carbons (Fsp3) is 0.325. The lowest BCUT2D eigenvalue weighted by molar-refractivity contribution is -0.139. The van der Waals surface area contributed by atoms with Crippen molar-refractivity contribution in [3.05, 3.63) is 294 Å². The molecule has 0 N–H and O–H groups in total. The van der Waals surface area contributed by atoms with Crippen molar-refractivity contribution in [2.45, 2.75) is 96.8 Å². The van der Waals surface area contributed by atoms with E-state index in [1.165, 1.54) is 32.6 Å². The number of rotatable bonds is 28. The number of para-hydroxylation sites is 2. The third kappa shape index (κ3) is 37.1. The maximum absolute atomic E-state index is 12.0. The number of benzene rings is 8. The normalized spacial score (nSPS) is 15.2. The quantitative estimate of drug-likeness (QED) is 0.0191. The van der Waals surface area contributed by atoms with E-state index in [1.807, 2.05) is 255 Å². The number of carbonyl (C=O) groups is 6. The maximum atomic E-state index is 12.0.